The zero-order valence-corrected chi connectivity index (χ0v) is 9.61. The largest absolute Gasteiger partial charge is 0.394 e. The molecule has 3 heteroatoms. The highest BCUT2D eigenvalue weighted by Gasteiger charge is 2.13. The summed E-state index contributed by atoms with van der Waals surface area (Å²) < 4.78 is 0. The van der Waals surface area contributed by atoms with Crippen molar-refractivity contribution in [2.75, 3.05) is 6.61 Å². The molecule has 0 fully saturated rings. The average Bonchev–Trinajstić information content (AvgIpc) is 2.24. The Bertz CT molecular complexity index is 205. The standard InChI is InChI=1S/C12H22O3/c1-3-6-12(15)10(4-2)7-5-8-11(14)9-13/h10-15H,3-4,6,8-9H2,1-2H3/t10-,11-,12+/m1/s1. The van der Waals surface area contributed by atoms with Gasteiger partial charge < -0.3 is 15.3 Å². The maximum absolute atomic E-state index is 9.72. The van der Waals surface area contributed by atoms with E-state index in [4.69, 9.17) is 10.2 Å². The van der Waals surface area contributed by atoms with Gasteiger partial charge in [-0.05, 0) is 12.8 Å². The normalized spacial score (nSPS) is 16.3. The van der Waals surface area contributed by atoms with Gasteiger partial charge in [-0.2, -0.15) is 0 Å². The summed E-state index contributed by atoms with van der Waals surface area (Å²) in [7, 11) is 0. The fourth-order valence-electron chi connectivity index (χ4n) is 1.34. The molecular formula is C12H22O3. The number of rotatable bonds is 6. The van der Waals surface area contributed by atoms with Crippen LogP contribution in [0.3, 0.4) is 0 Å². The molecule has 15 heavy (non-hydrogen) atoms. The molecule has 0 spiro atoms. The predicted molar refractivity (Wildman–Crippen MR) is 60.2 cm³/mol. The van der Waals surface area contributed by atoms with Crippen molar-refractivity contribution in [2.45, 2.75) is 51.7 Å². The summed E-state index contributed by atoms with van der Waals surface area (Å²) in [6.07, 6.45) is 1.64. The molecule has 0 aliphatic heterocycles. The summed E-state index contributed by atoms with van der Waals surface area (Å²) in [5.41, 5.74) is 0. The minimum Gasteiger partial charge on any atom is -0.394 e. The van der Waals surface area contributed by atoms with E-state index in [-0.39, 0.29) is 25.0 Å². The van der Waals surface area contributed by atoms with Crippen LogP contribution in [0.5, 0.6) is 0 Å². The van der Waals surface area contributed by atoms with Crippen LogP contribution in [0.4, 0.5) is 0 Å². The second-order valence-corrected chi connectivity index (χ2v) is 3.73. The van der Waals surface area contributed by atoms with E-state index in [1.165, 1.54) is 0 Å². The van der Waals surface area contributed by atoms with Crippen molar-refractivity contribution in [3.8, 4) is 11.8 Å². The zero-order chi connectivity index (χ0) is 11.7. The highest BCUT2D eigenvalue weighted by molar-refractivity contribution is 5.06. The Hall–Kier alpha value is -0.560. The molecule has 0 radical (unpaired) electrons. The van der Waals surface area contributed by atoms with Crippen molar-refractivity contribution in [3.63, 3.8) is 0 Å². The number of aliphatic hydroxyl groups excluding tert-OH is 3. The monoisotopic (exact) mass is 214 g/mol. The topological polar surface area (TPSA) is 60.7 Å². The van der Waals surface area contributed by atoms with Gasteiger partial charge in [-0.1, -0.05) is 26.2 Å². The second kappa shape index (κ2) is 8.72. The van der Waals surface area contributed by atoms with Gasteiger partial charge in [0.05, 0.1) is 18.8 Å². The van der Waals surface area contributed by atoms with E-state index in [0.29, 0.717) is 0 Å². The first-order valence-electron chi connectivity index (χ1n) is 5.61. The Balaban J connectivity index is 4.06. The van der Waals surface area contributed by atoms with Gasteiger partial charge in [-0.25, -0.2) is 0 Å². The van der Waals surface area contributed by atoms with Crippen molar-refractivity contribution in [2.24, 2.45) is 5.92 Å². The highest BCUT2D eigenvalue weighted by atomic mass is 16.3. The predicted octanol–water partition coefficient (Wildman–Crippen LogP) is 0.920. The van der Waals surface area contributed by atoms with E-state index in [9.17, 15) is 5.11 Å². The maximum Gasteiger partial charge on any atom is 0.0879 e. The van der Waals surface area contributed by atoms with Crippen molar-refractivity contribution >= 4 is 0 Å². The molecule has 3 atom stereocenters. The maximum atomic E-state index is 9.72. The molecule has 0 bridgehead atoms. The molecule has 0 aromatic carbocycles. The fraction of sp³-hybridized carbons (Fsp3) is 0.833. The van der Waals surface area contributed by atoms with Gasteiger partial charge in [0.15, 0.2) is 0 Å². The van der Waals surface area contributed by atoms with Gasteiger partial charge >= 0.3 is 0 Å². The van der Waals surface area contributed by atoms with E-state index in [1.807, 2.05) is 13.8 Å². The zero-order valence-electron chi connectivity index (χ0n) is 9.61. The highest BCUT2D eigenvalue weighted by Crippen LogP contribution is 2.12. The summed E-state index contributed by atoms with van der Waals surface area (Å²) in [5, 5.41) is 27.4. The van der Waals surface area contributed by atoms with E-state index in [1.54, 1.807) is 0 Å². The molecule has 0 amide bonds. The fourth-order valence-corrected chi connectivity index (χ4v) is 1.34. The van der Waals surface area contributed by atoms with Crippen LogP contribution in [0, 0.1) is 17.8 Å². The summed E-state index contributed by atoms with van der Waals surface area (Å²) in [6.45, 7) is 3.75. The molecule has 3 N–H and O–H groups in total. The van der Waals surface area contributed by atoms with Crippen LogP contribution in [-0.4, -0.2) is 34.1 Å². The smallest absolute Gasteiger partial charge is 0.0879 e. The second-order valence-electron chi connectivity index (χ2n) is 3.73. The number of hydrogen-bond acceptors (Lipinski definition) is 3. The lowest BCUT2D eigenvalue weighted by atomic mass is 9.96. The Kier molecular flexibility index (Phi) is 8.40. The van der Waals surface area contributed by atoms with Crippen LogP contribution in [0.15, 0.2) is 0 Å². The minimum atomic E-state index is -0.765. The lowest BCUT2D eigenvalue weighted by Gasteiger charge is -2.15. The van der Waals surface area contributed by atoms with Gasteiger partial charge in [-0.15, -0.1) is 5.92 Å². The molecule has 0 unspecified atom stereocenters. The molecule has 88 valence electrons. The first-order valence-corrected chi connectivity index (χ1v) is 5.61. The molecule has 0 aliphatic rings. The Morgan fingerprint density at radius 2 is 1.87 bits per heavy atom. The molecule has 0 aromatic heterocycles. The molecule has 0 saturated carbocycles. The lowest BCUT2D eigenvalue weighted by molar-refractivity contribution is 0.0988. The van der Waals surface area contributed by atoms with E-state index in [0.717, 1.165) is 19.3 Å². The molecule has 0 aromatic rings. The van der Waals surface area contributed by atoms with Gasteiger partial charge in [0, 0.05) is 12.3 Å². The summed E-state index contributed by atoms with van der Waals surface area (Å²) >= 11 is 0. The Labute approximate surface area is 92.1 Å². The third-order valence-corrected chi connectivity index (χ3v) is 2.32. The average molecular weight is 214 g/mol. The van der Waals surface area contributed by atoms with Crippen LogP contribution in [-0.2, 0) is 0 Å². The van der Waals surface area contributed by atoms with Crippen LogP contribution in [0.1, 0.15) is 39.5 Å². The first-order chi connectivity index (χ1) is 7.15. The van der Waals surface area contributed by atoms with Gasteiger partial charge in [0.2, 0.25) is 0 Å². The third-order valence-electron chi connectivity index (χ3n) is 2.32. The summed E-state index contributed by atoms with van der Waals surface area (Å²) in [4.78, 5) is 0. The Morgan fingerprint density at radius 3 is 2.33 bits per heavy atom. The van der Waals surface area contributed by atoms with Gasteiger partial charge in [-0.3, -0.25) is 0 Å². The van der Waals surface area contributed by atoms with Crippen LogP contribution >= 0.6 is 0 Å². The van der Waals surface area contributed by atoms with Crippen LogP contribution < -0.4 is 0 Å². The van der Waals surface area contributed by atoms with E-state index in [2.05, 4.69) is 11.8 Å². The number of hydrogen-bond donors (Lipinski definition) is 3. The summed E-state index contributed by atoms with van der Waals surface area (Å²) in [6, 6.07) is 0. The minimum absolute atomic E-state index is 0.0177. The van der Waals surface area contributed by atoms with Gasteiger partial charge in [0.1, 0.15) is 0 Å². The van der Waals surface area contributed by atoms with Crippen molar-refractivity contribution in [1.29, 1.82) is 0 Å². The molecule has 3 nitrogen and oxygen atoms in total. The molecule has 0 aliphatic carbocycles. The van der Waals surface area contributed by atoms with Crippen LogP contribution in [0.2, 0.25) is 0 Å². The van der Waals surface area contributed by atoms with Crippen molar-refractivity contribution < 1.29 is 15.3 Å². The molecule has 0 heterocycles. The lowest BCUT2D eigenvalue weighted by Crippen LogP contribution is -2.18. The van der Waals surface area contributed by atoms with Crippen molar-refractivity contribution in [1.82, 2.24) is 0 Å². The molecule has 0 saturated heterocycles. The molecule has 0 rings (SSSR count). The molecular weight excluding hydrogens is 192 g/mol. The first kappa shape index (κ1) is 14.4. The van der Waals surface area contributed by atoms with E-state index >= 15 is 0 Å². The third kappa shape index (κ3) is 6.51. The van der Waals surface area contributed by atoms with Gasteiger partial charge in [0.25, 0.3) is 0 Å². The van der Waals surface area contributed by atoms with Crippen LogP contribution in [0.25, 0.3) is 0 Å². The SMILES string of the molecule is CCC[C@H](O)[C@@H](C#CC[C@@H](O)CO)CC. The Morgan fingerprint density at radius 1 is 1.20 bits per heavy atom. The van der Waals surface area contributed by atoms with Crippen molar-refractivity contribution in [3.05, 3.63) is 0 Å². The number of aliphatic hydroxyl groups is 3. The quantitative estimate of drug-likeness (QED) is 0.576. The van der Waals surface area contributed by atoms with E-state index < -0.39 is 6.10 Å². The summed E-state index contributed by atoms with van der Waals surface area (Å²) in [5.74, 6) is 5.74.